The van der Waals surface area contributed by atoms with Crippen molar-refractivity contribution in [1.29, 1.82) is 0 Å². The molecule has 0 saturated carbocycles. The van der Waals surface area contributed by atoms with E-state index < -0.39 is 6.03 Å². The van der Waals surface area contributed by atoms with Gasteiger partial charge < -0.3 is 25.2 Å². The number of amides is 3. The van der Waals surface area contributed by atoms with E-state index >= 15 is 0 Å². The zero-order valence-electron chi connectivity index (χ0n) is 17.4. The lowest BCUT2D eigenvalue weighted by atomic mass is 10.1. The summed E-state index contributed by atoms with van der Waals surface area (Å²) in [6.07, 6.45) is 3.32. The quantitative estimate of drug-likeness (QED) is 0.777. The first-order chi connectivity index (χ1) is 15.1. The summed E-state index contributed by atoms with van der Waals surface area (Å²) in [4.78, 5) is 28.6. The number of carbonyl (C=O) groups excluding carboxylic acids is 2. The van der Waals surface area contributed by atoms with E-state index in [-0.39, 0.29) is 11.7 Å². The molecule has 8 heteroatoms. The lowest BCUT2D eigenvalue weighted by molar-refractivity contribution is 0.0303. The highest BCUT2D eigenvalue weighted by Gasteiger charge is 2.19. The number of rotatable bonds is 4. The van der Waals surface area contributed by atoms with Crippen LogP contribution in [0.1, 0.15) is 29.6 Å². The second-order valence-electron chi connectivity index (χ2n) is 7.77. The van der Waals surface area contributed by atoms with Crippen molar-refractivity contribution in [2.24, 2.45) is 0 Å². The first-order valence-electron chi connectivity index (χ1n) is 10.7. The van der Waals surface area contributed by atoms with E-state index in [0.29, 0.717) is 48.9 Å². The Hall–Kier alpha value is -3.13. The number of hydrogen-bond acceptors (Lipinski definition) is 4. The Kier molecular flexibility index (Phi) is 6.66. The van der Waals surface area contributed by atoms with Gasteiger partial charge in [0, 0.05) is 43.1 Å². The predicted octanol–water partition coefficient (Wildman–Crippen LogP) is 3.93. The number of halogens is 1. The van der Waals surface area contributed by atoms with Gasteiger partial charge in [-0.25, -0.2) is 9.18 Å². The molecule has 31 heavy (non-hydrogen) atoms. The van der Waals surface area contributed by atoms with Crippen LogP contribution >= 0.6 is 0 Å². The van der Waals surface area contributed by atoms with E-state index in [9.17, 15) is 14.0 Å². The van der Waals surface area contributed by atoms with Crippen LogP contribution in [0.5, 0.6) is 0 Å². The number of nitrogens with zero attached hydrogens (tertiary/aromatic N) is 2. The molecule has 4 rings (SSSR count). The number of piperidine rings is 1. The Bertz CT molecular complexity index is 923. The number of morpholine rings is 1. The molecule has 2 aliphatic rings. The smallest absolute Gasteiger partial charge is 0.323 e. The van der Waals surface area contributed by atoms with Crippen molar-refractivity contribution in [2.75, 3.05) is 54.9 Å². The van der Waals surface area contributed by atoms with Crippen molar-refractivity contribution in [3.63, 3.8) is 0 Å². The van der Waals surface area contributed by atoms with Gasteiger partial charge in [-0.1, -0.05) is 0 Å². The third-order valence-electron chi connectivity index (χ3n) is 5.59. The van der Waals surface area contributed by atoms with Crippen LogP contribution in [0.4, 0.5) is 26.2 Å². The van der Waals surface area contributed by atoms with Gasteiger partial charge in [0.2, 0.25) is 0 Å². The fourth-order valence-electron chi connectivity index (χ4n) is 3.91. The molecule has 2 heterocycles. The molecule has 0 atom stereocenters. The summed E-state index contributed by atoms with van der Waals surface area (Å²) >= 11 is 0. The minimum absolute atomic E-state index is 0.0522. The minimum Gasteiger partial charge on any atom is -0.378 e. The lowest BCUT2D eigenvalue weighted by Crippen LogP contribution is -2.40. The third-order valence-corrected chi connectivity index (χ3v) is 5.59. The van der Waals surface area contributed by atoms with Crippen molar-refractivity contribution < 1.29 is 18.7 Å². The summed E-state index contributed by atoms with van der Waals surface area (Å²) in [5.74, 6) is -0.394. The second-order valence-corrected chi connectivity index (χ2v) is 7.77. The summed E-state index contributed by atoms with van der Waals surface area (Å²) in [7, 11) is 0. The Morgan fingerprint density at radius 2 is 1.48 bits per heavy atom. The fourth-order valence-corrected chi connectivity index (χ4v) is 3.91. The third kappa shape index (κ3) is 5.32. The van der Waals surface area contributed by atoms with E-state index in [1.165, 1.54) is 12.5 Å². The molecule has 0 aromatic heterocycles. The first-order valence-corrected chi connectivity index (χ1v) is 10.7. The van der Waals surface area contributed by atoms with Crippen LogP contribution in [0.15, 0.2) is 42.5 Å². The molecule has 0 aliphatic carbocycles. The van der Waals surface area contributed by atoms with E-state index in [1.54, 1.807) is 41.3 Å². The second kappa shape index (κ2) is 9.78. The molecule has 2 aliphatic heterocycles. The summed E-state index contributed by atoms with van der Waals surface area (Å²) in [5, 5.41) is 5.36. The zero-order chi connectivity index (χ0) is 21.6. The molecular formula is C23H27FN4O3. The maximum Gasteiger partial charge on any atom is 0.323 e. The number of urea groups is 1. The molecule has 0 bridgehead atoms. The molecule has 2 saturated heterocycles. The highest BCUT2D eigenvalue weighted by atomic mass is 19.1. The van der Waals surface area contributed by atoms with Gasteiger partial charge in [0.1, 0.15) is 5.82 Å². The monoisotopic (exact) mass is 426 g/mol. The SMILES string of the molecule is O=C(Nc1ccc(C(=O)N2CCOCC2)cc1)Nc1ccc(N2CCCCC2)c(F)c1. The molecular weight excluding hydrogens is 399 g/mol. The molecule has 0 unspecified atom stereocenters. The lowest BCUT2D eigenvalue weighted by Gasteiger charge is -2.29. The average Bonchev–Trinajstić information content (AvgIpc) is 2.80. The molecule has 0 spiro atoms. The Morgan fingerprint density at radius 3 is 2.16 bits per heavy atom. The molecule has 2 N–H and O–H groups in total. The molecule has 3 amide bonds. The van der Waals surface area contributed by atoms with Crippen molar-refractivity contribution in [3.8, 4) is 0 Å². The van der Waals surface area contributed by atoms with Crippen molar-refractivity contribution in [3.05, 3.63) is 53.8 Å². The van der Waals surface area contributed by atoms with Gasteiger partial charge in [-0.15, -0.1) is 0 Å². The molecule has 0 radical (unpaired) electrons. The summed E-state index contributed by atoms with van der Waals surface area (Å²) in [6, 6.07) is 11.0. The Balaban J connectivity index is 1.33. The van der Waals surface area contributed by atoms with E-state index in [1.807, 2.05) is 4.90 Å². The Labute approximate surface area is 181 Å². The number of hydrogen-bond donors (Lipinski definition) is 2. The Morgan fingerprint density at radius 1 is 0.839 bits per heavy atom. The van der Waals surface area contributed by atoms with Crippen LogP contribution < -0.4 is 15.5 Å². The van der Waals surface area contributed by atoms with Crippen LogP contribution in [0.25, 0.3) is 0 Å². The standard InChI is InChI=1S/C23H27FN4O3/c24-20-16-19(8-9-21(20)27-10-2-1-3-11-27)26-23(30)25-18-6-4-17(5-7-18)22(29)28-12-14-31-15-13-28/h4-9,16H,1-3,10-15H2,(H2,25,26,30). The van der Waals surface area contributed by atoms with Crippen LogP contribution in [0, 0.1) is 5.82 Å². The maximum atomic E-state index is 14.5. The largest absolute Gasteiger partial charge is 0.378 e. The van der Waals surface area contributed by atoms with Crippen molar-refractivity contribution in [1.82, 2.24) is 4.90 Å². The van der Waals surface area contributed by atoms with Crippen LogP contribution in [0.2, 0.25) is 0 Å². The van der Waals surface area contributed by atoms with E-state index in [2.05, 4.69) is 10.6 Å². The summed E-state index contributed by atoms with van der Waals surface area (Å²) in [6.45, 7) is 3.96. The highest BCUT2D eigenvalue weighted by Crippen LogP contribution is 2.26. The fraction of sp³-hybridized carbons (Fsp3) is 0.391. The van der Waals surface area contributed by atoms with Gasteiger partial charge in [0.25, 0.3) is 5.91 Å². The number of carbonyl (C=O) groups is 2. The average molecular weight is 426 g/mol. The van der Waals surface area contributed by atoms with Crippen molar-refractivity contribution >= 4 is 29.0 Å². The van der Waals surface area contributed by atoms with Crippen molar-refractivity contribution in [2.45, 2.75) is 19.3 Å². The minimum atomic E-state index is -0.475. The summed E-state index contributed by atoms with van der Waals surface area (Å²) in [5.41, 5.74) is 2.06. The molecule has 2 aromatic carbocycles. The van der Waals surface area contributed by atoms with Gasteiger partial charge in [-0.2, -0.15) is 0 Å². The predicted molar refractivity (Wildman–Crippen MR) is 118 cm³/mol. The van der Waals surface area contributed by atoms with E-state index in [4.69, 9.17) is 4.74 Å². The van der Waals surface area contributed by atoms with Crippen LogP contribution in [-0.4, -0.2) is 56.2 Å². The van der Waals surface area contributed by atoms with Gasteiger partial charge in [-0.3, -0.25) is 4.79 Å². The van der Waals surface area contributed by atoms with Gasteiger partial charge >= 0.3 is 6.03 Å². The topological polar surface area (TPSA) is 73.9 Å². The normalized spacial score (nSPS) is 16.7. The van der Waals surface area contributed by atoms with Gasteiger partial charge in [-0.05, 0) is 61.7 Å². The first kappa shape index (κ1) is 21.1. The molecule has 2 fully saturated rings. The number of nitrogens with one attached hydrogen (secondary N) is 2. The van der Waals surface area contributed by atoms with E-state index in [0.717, 1.165) is 25.9 Å². The summed E-state index contributed by atoms with van der Waals surface area (Å²) < 4.78 is 19.8. The number of anilines is 3. The van der Waals surface area contributed by atoms with Crippen LogP contribution in [0.3, 0.4) is 0 Å². The number of benzene rings is 2. The molecule has 7 nitrogen and oxygen atoms in total. The number of ether oxygens (including phenoxy) is 1. The maximum absolute atomic E-state index is 14.5. The van der Waals surface area contributed by atoms with Gasteiger partial charge in [0.15, 0.2) is 0 Å². The molecule has 2 aromatic rings. The highest BCUT2D eigenvalue weighted by molar-refractivity contribution is 6.00. The molecule has 164 valence electrons. The van der Waals surface area contributed by atoms with Crippen LogP contribution in [-0.2, 0) is 4.74 Å². The zero-order valence-corrected chi connectivity index (χ0v) is 17.4. The van der Waals surface area contributed by atoms with Gasteiger partial charge in [0.05, 0.1) is 18.9 Å².